The Morgan fingerprint density at radius 3 is 2.48 bits per heavy atom. The molecule has 33 heavy (non-hydrogen) atoms. The fourth-order valence-electron chi connectivity index (χ4n) is 4.52. The number of aryl methyl sites for hydroxylation is 1. The van der Waals surface area contributed by atoms with Crippen LogP contribution in [0, 0.1) is 0 Å². The number of ether oxygens (including phenoxy) is 1. The van der Waals surface area contributed by atoms with Crippen molar-refractivity contribution in [2.45, 2.75) is 38.0 Å². The topological polar surface area (TPSA) is 99.9 Å². The summed E-state index contributed by atoms with van der Waals surface area (Å²) in [6.45, 7) is 2.46. The summed E-state index contributed by atoms with van der Waals surface area (Å²) in [6, 6.07) is 15.8. The number of likely N-dealkylation sites (tertiary alicyclic amines) is 1. The summed E-state index contributed by atoms with van der Waals surface area (Å²) in [4.78, 5) is 38.2. The van der Waals surface area contributed by atoms with Crippen LogP contribution in [0.5, 0.6) is 5.75 Å². The molecule has 4 rings (SSSR count). The summed E-state index contributed by atoms with van der Waals surface area (Å²) in [5, 5.41) is 12.8. The summed E-state index contributed by atoms with van der Waals surface area (Å²) in [5.74, 6) is -0.911. The monoisotopic (exact) mass is 448 g/mol. The molecule has 3 aromatic rings. The fourth-order valence-corrected chi connectivity index (χ4v) is 4.52. The number of carbonyl (C=O) groups is 2. The molecule has 0 saturated carbocycles. The molecule has 1 amide bonds. The van der Waals surface area contributed by atoms with Crippen LogP contribution in [-0.4, -0.2) is 36.5 Å². The maximum atomic E-state index is 12.7. The highest BCUT2D eigenvalue weighted by molar-refractivity contribution is 5.83. The van der Waals surface area contributed by atoms with Crippen LogP contribution in [0.3, 0.4) is 0 Å². The number of rotatable bonds is 7. The average Bonchev–Trinajstić information content (AvgIpc) is 2.83. The third kappa shape index (κ3) is 4.62. The normalized spacial score (nSPS) is 15.4. The lowest BCUT2D eigenvalue weighted by molar-refractivity contribution is -0.315. The minimum atomic E-state index is -1.11. The molecule has 1 aliphatic heterocycles. The first-order valence-corrected chi connectivity index (χ1v) is 11.2. The average molecular weight is 448 g/mol. The molecule has 1 saturated heterocycles. The van der Waals surface area contributed by atoms with Crippen molar-refractivity contribution in [3.8, 4) is 5.75 Å². The molecule has 1 fully saturated rings. The predicted molar refractivity (Wildman–Crippen MR) is 121 cm³/mol. The summed E-state index contributed by atoms with van der Waals surface area (Å²) in [5.41, 5.74) is 0.547. The van der Waals surface area contributed by atoms with Gasteiger partial charge < -0.3 is 24.0 Å². The highest BCUT2D eigenvalue weighted by Crippen LogP contribution is 2.35. The van der Waals surface area contributed by atoms with Crippen LogP contribution in [0.2, 0.25) is 0 Å². The first-order chi connectivity index (χ1) is 15.9. The van der Waals surface area contributed by atoms with Gasteiger partial charge in [-0.1, -0.05) is 43.7 Å². The lowest BCUT2D eigenvalue weighted by Gasteiger charge is -2.42. The van der Waals surface area contributed by atoms with Crippen LogP contribution in [-0.2, 0) is 21.4 Å². The Labute approximate surface area is 191 Å². The molecule has 0 aliphatic carbocycles. The first kappa shape index (κ1) is 22.6. The van der Waals surface area contributed by atoms with Crippen LogP contribution in [0.15, 0.2) is 63.8 Å². The summed E-state index contributed by atoms with van der Waals surface area (Å²) in [7, 11) is 0. The number of benzene rings is 2. The molecule has 2 aromatic carbocycles. The Balaban J connectivity index is 1.41. The van der Waals surface area contributed by atoms with E-state index in [0.717, 1.165) is 23.8 Å². The maximum absolute atomic E-state index is 12.7. The van der Waals surface area contributed by atoms with Crippen LogP contribution >= 0.6 is 0 Å². The molecule has 7 nitrogen and oxygen atoms in total. The van der Waals surface area contributed by atoms with E-state index >= 15 is 0 Å². The third-order valence-corrected chi connectivity index (χ3v) is 6.37. The molecule has 0 atom stereocenters. The van der Waals surface area contributed by atoms with Gasteiger partial charge in [-0.2, -0.15) is 0 Å². The second-order valence-electron chi connectivity index (χ2n) is 8.40. The minimum Gasteiger partial charge on any atom is -0.549 e. The van der Waals surface area contributed by atoms with Crippen molar-refractivity contribution >= 4 is 22.8 Å². The lowest BCUT2D eigenvalue weighted by Crippen LogP contribution is -2.54. The van der Waals surface area contributed by atoms with Crippen LogP contribution < -0.4 is 15.5 Å². The number of nitrogens with zero attached hydrogens (tertiary/aromatic N) is 1. The molecule has 0 bridgehead atoms. The Morgan fingerprint density at radius 2 is 1.82 bits per heavy atom. The van der Waals surface area contributed by atoms with Gasteiger partial charge in [0.05, 0.1) is 5.97 Å². The molecule has 0 unspecified atom stereocenters. The predicted octanol–water partition coefficient (Wildman–Crippen LogP) is 2.43. The van der Waals surface area contributed by atoms with Gasteiger partial charge in [-0.3, -0.25) is 4.79 Å². The zero-order chi connectivity index (χ0) is 23.4. The largest absolute Gasteiger partial charge is 0.549 e. The number of amides is 1. The van der Waals surface area contributed by atoms with Crippen LogP contribution in [0.25, 0.3) is 11.0 Å². The van der Waals surface area contributed by atoms with E-state index < -0.39 is 17.0 Å². The van der Waals surface area contributed by atoms with E-state index in [2.05, 4.69) is 0 Å². The van der Waals surface area contributed by atoms with Gasteiger partial charge in [0.2, 0.25) is 0 Å². The van der Waals surface area contributed by atoms with E-state index in [1.165, 1.54) is 6.07 Å². The zero-order valence-corrected chi connectivity index (χ0v) is 18.5. The van der Waals surface area contributed by atoms with E-state index in [-0.39, 0.29) is 25.4 Å². The smallest absolute Gasteiger partial charge is 0.336 e. The quantitative estimate of drug-likeness (QED) is 0.515. The van der Waals surface area contributed by atoms with Gasteiger partial charge in [-0.05, 0) is 42.5 Å². The molecule has 0 spiro atoms. The number of fused-ring (bicyclic) bond motifs is 1. The number of hydrogen-bond acceptors (Lipinski definition) is 6. The molecule has 1 aromatic heterocycles. The van der Waals surface area contributed by atoms with Gasteiger partial charge in [0.15, 0.2) is 6.61 Å². The van der Waals surface area contributed by atoms with Gasteiger partial charge in [-0.25, -0.2) is 4.79 Å². The van der Waals surface area contributed by atoms with Crippen molar-refractivity contribution < 1.29 is 23.8 Å². The fraction of sp³-hybridized carbons (Fsp3) is 0.346. The van der Waals surface area contributed by atoms with Crippen molar-refractivity contribution in [2.75, 3.05) is 19.7 Å². The molecule has 172 valence electrons. The maximum Gasteiger partial charge on any atom is 0.336 e. The van der Waals surface area contributed by atoms with E-state index in [9.17, 15) is 19.5 Å². The van der Waals surface area contributed by atoms with Gasteiger partial charge in [-0.15, -0.1) is 0 Å². The first-order valence-electron chi connectivity index (χ1n) is 11.2. The number of aliphatic carboxylic acids is 1. The zero-order valence-electron chi connectivity index (χ0n) is 18.5. The number of carboxylic acids is 1. The molecular weight excluding hydrogens is 422 g/mol. The Kier molecular flexibility index (Phi) is 6.49. The van der Waals surface area contributed by atoms with E-state index in [4.69, 9.17) is 9.15 Å². The number of piperidine rings is 1. The van der Waals surface area contributed by atoms with Crippen molar-refractivity contribution in [3.05, 3.63) is 76.1 Å². The second kappa shape index (κ2) is 9.48. The lowest BCUT2D eigenvalue weighted by atomic mass is 9.73. The second-order valence-corrected chi connectivity index (χ2v) is 8.40. The van der Waals surface area contributed by atoms with Crippen molar-refractivity contribution in [1.29, 1.82) is 0 Å². The molecule has 2 heterocycles. The molecule has 7 heteroatoms. The Bertz CT molecular complexity index is 1210. The Hall–Kier alpha value is -3.61. The summed E-state index contributed by atoms with van der Waals surface area (Å²) in [6.07, 6.45) is 2.25. The highest BCUT2D eigenvalue weighted by atomic mass is 16.5. The third-order valence-electron chi connectivity index (χ3n) is 6.37. The SMILES string of the molecule is CCCc1cc(=O)oc2cc(OCC(=O)N3CCC(C(=O)[O-])(c4ccccc4)CC3)ccc12. The summed E-state index contributed by atoms with van der Waals surface area (Å²) >= 11 is 0. The van der Waals surface area contributed by atoms with Crippen LogP contribution in [0.4, 0.5) is 0 Å². The van der Waals surface area contributed by atoms with Gasteiger partial charge >= 0.3 is 5.63 Å². The highest BCUT2D eigenvalue weighted by Gasteiger charge is 2.38. The molecule has 0 radical (unpaired) electrons. The number of carboxylic acid groups (broad SMARTS) is 1. The van der Waals surface area contributed by atoms with Gasteiger partial charge in [0.25, 0.3) is 5.91 Å². The van der Waals surface area contributed by atoms with Crippen LogP contribution in [0.1, 0.15) is 37.3 Å². The number of carbonyl (C=O) groups excluding carboxylic acids is 2. The standard InChI is InChI=1S/C26H27NO6/c1-2-6-18-15-24(29)33-22-16-20(9-10-21(18)22)32-17-23(28)27-13-11-26(12-14-27,25(30)31)19-7-4-3-5-8-19/h3-5,7-10,15-16H,2,6,11-14,17H2,1H3,(H,30,31)/p-1. The molecule has 1 aliphatic rings. The number of hydrogen-bond donors (Lipinski definition) is 0. The van der Waals surface area contributed by atoms with E-state index in [0.29, 0.717) is 30.0 Å². The van der Waals surface area contributed by atoms with Crippen molar-refractivity contribution in [1.82, 2.24) is 4.90 Å². The Morgan fingerprint density at radius 1 is 1.09 bits per heavy atom. The van der Waals surface area contributed by atoms with Crippen molar-refractivity contribution in [2.24, 2.45) is 0 Å². The minimum absolute atomic E-state index is 0.186. The van der Waals surface area contributed by atoms with E-state index in [1.54, 1.807) is 29.2 Å². The van der Waals surface area contributed by atoms with Crippen molar-refractivity contribution in [3.63, 3.8) is 0 Å². The summed E-state index contributed by atoms with van der Waals surface area (Å²) < 4.78 is 11.0. The van der Waals surface area contributed by atoms with Gasteiger partial charge in [0, 0.05) is 36.0 Å². The van der Waals surface area contributed by atoms with Gasteiger partial charge in [0.1, 0.15) is 11.3 Å². The molecular formula is C26H26NO6-. The van der Waals surface area contributed by atoms with E-state index in [1.807, 2.05) is 31.2 Å². The molecule has 0 N–H and O–H groups in total.